The quantitative estimate of drug-likeness (QED) is 0.707. The molecule has 1 aliphatic carbocycles. The summed E-state index contributed by atoms with van der Waals surface area (Å²) in [7, 11) is 0. The van der Waals surface area contributed by atoms with Crippen LogP contribution in [0.2, 0.25) is 0 Å². The van der Waals surface area contributed by atoms with E-state index in [0.29, 0.717) is 17.2 Å². The third-order valence-corrected chi connectivity index (χ3v) is 5.61. The minimum Gasteiger partial charge on any atom is -0.462 e. The van der Waals surface area contributed by atoms with Gasteiger partial charge in [-0.15, -0.1) is 11.3 Å². The third-order valence-electron chi connectivity index (χ3n) is 4.41. The van der Waals surface area contributed by atoms with Gasteiger partial charge in [-0.3, -0.25) is 4.79 Å². The summed E-state index contributed by atoms with van der Waals surface area (Å²) in [4.78, 5) is 26.1. The first-order chi connectivity index (χ1) is 11.1. The van der Waals surface area contributed by atoms with Crippen LogP contribution in [-0.2, 0) is 22.4 Å². The molecule has 0 aromatic carbocycles. The molecule has 1 amide bonds. The van der Waals surface area contributed by atoms with Gasteiger partial charge in [0.25, 0.3) is 0 Å². The van der Waals surface area contributed by atoms with Crippen LogP contribution in [0.4, 0.5) is 5.00 Å². The van der Waals surface area contributed by atoms with Gasteiger partial charge in [-0.2, -0.15) is 0 Å². The Bertz CT molecular complexity index is 565. The van der Waals surface area contributed by atoms with E-state index in [4.69, 9.17) is 4.74 Å². The van der Waals surface area contributed by atoms with Crippen LogP contribution in [0.1, 0.15) is 73.7 Å². The van der Waals surface area contributed by atoms with E-state index in [2.05, 4.69) is 12.2 Å². The van der Waals surface area contributed by atoms with Crippen molar-refractivity contribution in [2.24, 2.45) is 5.92 Å². The number of fused-ring (bicyclic) bond motifs is 1. The summed E-state index contributed by atoms with van der Waals surface area (Å²) >= 11 is 1.55. The van der Waals surface area contributed by atoms with E-state index in [1.165, 1.54) is 4.88 Å². The lowest BCUT2D eigenvalue weighted by Crippen LogP contribution is -2.23. The molecule has 1 atom stereocenters. The fourth-order valence-electron chi connectivity index (χ4n) is 3.10. The summed E-state index contributed by atoms with van der Waals surface area (Å²) in [5.74, 6) is -0.253. The Morgan fingerprint density at radius 1 is 1.26 bits per heavy atom. The predicted molar refractivity (Wildman–Crippen MR) is 94.2 cm³/mol. The van der Waals surface area contributed by atoms with E-state index in [9.17, 15) is 9.59 Å². The number of carbonyl (C=O) groups excluding carboxylic acids is 2. The number of amides is 1. The normalized spacial score (nSPS) is 14.4. The van der Waals surface area contributed by atoms with Gasteiger partial charge in [0.1, 0.15) is 5.00 Å². The van der Waals surface area contributed by atoms with E-state index in [-0.39, 0.29) is 17.8 Å². The van der Waals surface area contributed by atoms with Crippen LogP contribution in [0.15, 0.2) is 0 Å². The van der Waals surface area contributed by atoms with E-state index in [1.54, 1.807) is 18.3 Å². The lowest BCUT2D eigenvalue weighted by Gasteiger charge is -2.15. The number of anilines is 1. The summed E-state index contributed by atoms with van der Waals surface area (Å²) in [6.07, 6.45) is 6.85. The molecule has 0 aliphatic heterocycles. The SMILES string of the molecule is CCCCC(CC)C(=O)Nc1sc2c(c1C(=O)OCC)CCC2. The molecule has 0 bridgehead atoms. The molecule has 1 aromatic heterocycles. The number of unbranched alkanes of at least 4 members (excludes halogenated alkanes) is 1. The lowest BCUT2D eigenvalue weighted by atomic mass is 9.98. The van der Waals surface area contributed by atoms with Gasteiger partial charge in [-0.25, -0.2) is 4.79 Å². The Kier molecular flexibility index (Phi) is 6.63. The number of nitrogens with one attached hydrogen (secondary N) is 1. The summed E-state index contributed by atoms with van der Waals surface area (Å²) < 4.78 is 5.20. The Hall–Kier alpha value is -1.36. The molecule has 1 aliphatic rings. The molecule has 4 nitrogen and oxygen atoms in total. The van der Waals surface area contributed by atoms with Gasteiger partial charge in [0.2, 0.25) is 5.91 Å². The first kappa shape index (κ1) is 18.0. The molecule has 1 heterocycles. The van der Waals surface area contributed by atoms with Crippen LogP contribution in [-0.4, -0.2) is 18.5 Å². The molecule has 23 heavy (non-hydrogen) atoms. The second-order valence-electron chi connectivity index (χ2n) is 6.02. The zero-order chi connectivity index (χ0) is 16.8. The van der Waals surface area contributed by atoms with Gasteiger partial charge in [0.15, 0.2) is 0 Å². The third kappa shape index (κ3) is 4.14. The molecule has 1 N–H and O–H groups in total. The highest BCUT2D eigenvalue weighted by Crippen LogP contribution is 2.39. The summed E-state index contributed by atoms with van der Waals surface area (Å²) in [6.45, 7) is 6.33. The smallest absolute Gasteiger partial charge is 0.341 e. The number of rotatable bonds is 8. The van der Waals surface area contributed by atoms with Crippen LogP contribution in [0.3, 0.4) is 0 Å². The maximum atomic E-state index is 12.6. The van der Waals surface area contributed by atoms with Crippen molar-refractivity contribution in [1.29, 1.82) is 0 Å². The predicted octanol–water partition coefficient (Wildman–Crippen LogP) is 4.57. The van der Waals surface area contributed by atoms with Gasteiger partial charge in [0.05, 0.1) is 12.2 Å². The highest BCUT2D eigenvalue weighted by molar-refractivity contribution is 7.17. The average Bonchev–Trinajstić information content (AvgIpc) is 3.08. The number of esters is 1. The molecule has 5 heteroatoms. The fourth-order valence-corrected chi connectivity index (χ4v) is 4.38. The van der Waals surface area contributed by atoms with Crippen LogP contribution >= 0.6 is 11.3 Å². The van der Waals surface area contributed by atoms with Crippen LogP contribution in [0.25, 0.3) is 0 Å². The van der Waals surface area contributed by atoms with E-state index in [0.717, 1.165) is 50.5 Å². The van der Waals surface area contributed by atoms with Gasteiger partial charge in [-0.05, 0) is 44.6 Å². The van der Waals surface area contributed by atoms with Crippen molar-refractivity contribution in [2.75, 3.05) is 11.9 Å². The maximum Gasteiger partial charge on any atom is 0.341 e. The molecule has 0 saturated carbocycles. The molecule has 2 rings (SSSR count). The van der Waals surface area contributed by atoms with E-state index < -0.39 is 0 Å². The molecular weight excluding hydrogens is 310 g/mol. The molecule has 1 unspecified atom stereocenters. The highest BCUT2D eigenvalue weighted by Gasteiger charge is 2.29. The van der Waals surface area contributed by atoms with E-state index in [1.807, 2.05) is 6.92 Å². The number of thiophene rings is 1. The van der Waals surface area contributed by atoms with Crippen molar-refractivity contribution in [1.82, 2.24) is 0 Å². The number of aryl methyl sites for hydroxylation is 1. The lowest BCUT2D eigenvalue weighted by molar-refractivity contribution is -0.120. The second kappa shape index (κ2) is 8.48. The van der Waals surface area contributed by atoms with Crippen molar-refractivity contribution in [3.8, 4) is 0 Å². The van der Waals surface area contributed by atoms with Crippen molar-refractivity contribution < 1.29 is 14.3 Å². The second-order valence-corrected chi connectivity index (χ2v) is 7.12. The first-order valence-corrected chi connectivity index (χ1v) is 9.56. The average molecular weight is 337 g/mol. The minimum atomic E-state index is -0.302. The topological polar surface area (TPSA) is 55.4 Å². The Balaban J connectivity index is 2.19. The Morgan fingerprint density at radius 3 is 2.70 bits per heavy atom. The fraction of sp³-hybridized carbons (Fsp3) is 0.667. The Labute approximate surface area is 142 Å². The molecule has 0 fully saturated rings. The van der Waals surface area contributed by atoms with Gasteiger partial charge in [-0.1, -0.05) is 26.7 Å². The zero-order valence-electron chi connectivity index (χ0n) is 14.4. The van der Waals surface area contributed by atoms with Crippen LogP contribution in [0, 0.1) is 5.92 Å². The Morgan fingerprint density at radius 2 is 2.04 bits per heavy atom. The number of ether oxygens (including phenoxy) is 1. The summed E-state index contributed by atoms with van der Waals surface area (Å²) in [5.41, 5.74) is 1.69. The molecule has 0 saturated heterocycles. The standard InChI is InChI=1S/C18H27NO3S/c1-4-7-9-12(5-2)16(20)19-17-15(18(21)22-6-3)13-10-8-11-14(13)23-17/h12H,4-11H2,1-3H3,(H,19,20). The van der Waals surface area contributed by atoms with Crippen molar-refractivity contribution in [3.63, 3.8) is 0 Å². The molecule has 0 spiro atoms. The molecule has 128 valence electrons. The van der Waals surface area contributed by atoms with Crippen molar-refractivity contribution in [3.05, 3.63) is 16.0 Å². The summed E-state index contributed by atoms with van der Waals surface area (Å²) in [6, 6.07) is 0. The van der Waals surface area contributed by atoms with Gasteiger partial charge >= 0.3 is 5.97 Å². The van der Waals surface area contributed by atoms with Crippen molar-refractivity contribution in [2.45, 2.75) is 65.7 Å². The summed E-state index contributed by atoms with van der Waals surface area (Å²) in [5, 5.41) is 3.71. The largest absolute Gasteiger partial charge is 0.462 e. The van der Waals surface area contributed by atoms with E-state index >= 15 is 0 Å². The maximum absolute atomic E-state index is 12.6. The monoisotopic (exact) mass is 337 g/mol. The molecular formula is C18H27NO3S. The number of carbonyl (C=O) groups is 2. The van der Waals surface area contributed by atoms with Crippen LogP contribution in [0.5, 0.6) is 0 Å². The van der Waals surface area contributed by atoms with Gasteiger partial charge in [0, 0.05) is 10.8 Å². The first-order valence-electron chi connectivity index (χ1n) is 8.74. The number of hydrogen-bond donors (Lipinski definition) is 1. The van der Waals surface area contributed by atoms with Crippen LogP contribution < -0.4 is 5.32 Å². The minimum absolute atomic E-state index is 0.0157. The van der Waals surface area contributed by atoms with Crippen molar-refractivity contribution >= 4 is 28.2 Å². The number of hydrogen-bond acceptors (Lipinski definition) is 4. The molecule has 1 aromatic rings. The van der Waals surface area contributed by atoms with Gasteiger partial charge < -0.3 is 10.1 Å². The zero-order valence-corrected chi connectivity index (χ0v) is 15.2. The molecule has 0 radical (unpaired) electrons. The highest BCUT2D eigenvalue weighted by atomic mass is 32.1.